The SMILES string of the molecule is Cc1cc(N2CCC(CC3CCN(C(=O)C(O)(c4ccccc4)C(F)(F)F)CC3)CC2)ncc1C(=O)N(C)C. The van der Waals surface area contributed by atoms with E-state index in [1.54, 1.807) is 26.4 Å². The fourth-order valence-electron chi connectivity index (χ4n) is 5.74. The van der Waals surface area contributed by atoms with Gasteiger partial charge in [0.1, 0.15) is 5.82 Å². The van der Waals surface area contributed by atoms with Crippen molar-refractivity contribution in [1.82, 2.24) is 14.8 Å². The van der Waals surface area contributed by atoms with Crippen molar-refractivity contribution in [2.45, 2.75) is 50.8 Å². The van der Waals surface area contributed by atoms with Crippen LogP contribution in [0, 0.1) is 18.8 Å². The van der Waals surface area contributed by atoms with Gasteiger partial charge in [-0.1, -0.05) is 30.3 Å². The van der Waals surface area contributed by atoms with Crippen molar-refractivity contribution >= 4 is 17.6 Å². The molecule has 2 fully saturated rings. The Morgan fingerprint density at radius 1 is 1.00 bits per heavy atom. The molecular formula is C29H37F3N4O3. The number of alkyl halides is 3. The van der Waals surface area contributed by atoms with Gasteiger partial charge < -0.3 is 19.8 Å². The van der Waals surface area contributed by atoms with Gasteiger partial charge in [0.25, 0.3) is 17.4 Å². The number of halogens is 3. The van der Waals surface area contributed by atoms with Crippen LogP contribution in [0.5, 0.6) is 0 Å². The van der Waals surface area contributed by atoms with Gasteiger partial charge >= 0.3 is 6.18 Å². The topological polar surface area (TPSA) is 77.0 Å². The summed E-state index contributed by atoms with van der Waals surface area (Å²) in [5.41, 5.74) is -2.51. The van der Waals surface area contributed by atoms with Gasteiger partial charge in [0.2, 0.25) is 0 Å². The Kier molecular flexibility index (Phi) is 8.54. The lowest BCUT2D eigenvalue weighted by Gasteiger charge is -2.40. The number of aryl methyl sites for hydroxylation is 1. The molecule has 212 valence electrons. The average Bonchev–Trinajstić information content (AvgIpc) is 2.92. The van der Waals surface area contributed by atoms with E-state index in [9.17, 15) is 27.9 Å². The van der Waals surface area contributed by atoms with Gasteiger partial charge in [-0.25, -0.2) is 4.98 Å². The fraction of sp³-hybridized carbons (Fsp3) is 0.552. The summed E-state index contributed by atoms with van der Waals surface area (Å²) in [5.74, 6) is 0.331. The van der Waals surface area contributed by atoms with E-state index in [-0.39, 0.29) is 19.0 Å². The standard InChI is InChI=1S/C29H37F3N4O3/c1-20-17-25(33-19-24(20)26(37)34(2)3)35-13-9-21(10-14-35)18-22-11-15-36(16-12-22)27(38)28(39,29(30,31)32)23-7-5-4-6-8-23/h4-8,17,19,21-22,39H,9-16,18H2,1-3H3. The van der Waals surface area contributed by atoms with Crippen molar-refractivity contribution in [2.75, 3.05) is 45.2 Å². The Labute approximate surface area is 227 Å². The molecule has 3 heterocycles. The quantitative estimate of drug-likeness (QED) is 0.582. The second-order valence-corrected chi connectivity index (χ2v) is 11.0. The Morgan fingerprint density at radius 3 is 2.08 bits per heavy atom. The molecule has 39 heavy (non-hydrogen) atoms. The number of rotatable bonds is 6. The van der Waals surface area contributed by atoms with Gasteiger partial charge in [0.15, 0.2) is 0 Å². The summed E-state index contributed by atoms with van der Waals surface area (Å²) in [7, 11) is 3.44. The number of aliphatic hydroxyl groups is 1. The van der Waals surface area contributed by atoms with E-state index in [4.69, 9.17) is 0 Å². The third-order valence-corrected chi connectivity index (χ3v) is 8.15. The molecule has 7 nitrogen and oxygen atoms in total. The van der Waals surface area contributed by atoms with Crippen LogP contribution in [-0.4, -0.2) is 78.2 Å². The molecule has 0 spiro atoms. The van der Waals surface area contributed by atoms with Crippen LogP contribution in [0.4, 0.5) is 19.0 Å². The van der Waals surface area contributed by atoms with Crippen molar-refractivity contribution in [3.8, 4) is 0 Å². The molecule has 0 bridgehead atoms. The largest absolute Gasteiger partial charge is 0.430 e. The highest BCUT2D eigenvalue weighted by molar-refractivity contribution is 5.95. The normalized spacial score (nSPS) is 19.1. The Balaban J connectivity index is 1.29. The second kappa shape index (κ2) is 11.5. The molecule has 0 saturated carbocycles. The number of anilines is 1. The third-order valence-electron chi connectivity index (χ3n) is 8.15. The number of carbonyl (C=O) groups excluding carboxylic acids is 2. The van der Waals surface area contributed by atoms with Crippen molar-refractivity contribution in [1.29, 1.82) is 0 Å². The van der Waals surface area contributed by atoms with Crippen LogP contribution in [0.1, 0.15) is 53.6 Å². The Hall–Kier alpha value is -3.14. The molecule has 10 heteroatoms. The van der Waals surface area contributed by atoms with Gasteiger partial charge in [-0.05, 0) is 62.5 Å². The minimum Gasteiger partial charge on any atom is -0.369 e. The molecule has 1 aromatic heterocycles. The van der Waals surface area contributed by atoms with Gasteiger partial charge in [-0.3, -0.25) is 9.59 Å². The van der Waals surface area contributed by atoms with E-state index < -0.39 is 23.2 Å². The molecule has 2 amide bonds. The number of pyridine rings is 1. The van der Waals surface area contributed by atoms with Crippen molar-refractivity contribution < 1.29 is 27.9 Å². The third kappa shape index (κ3) is 6.05. The summed E-state index contributed by atoms with van der Waals surface area (Å²) >= 11 is 0. The fourth-order valence-corrected chi connectivity index (χ4v) is 5.74. The molecule has 1 N–H and O–H groups in total. The molecule has 2 aromatic rings. The summed E-state index contributed by atoms with van der Waals surface area (Å²) in [6, 6.07) is 8.55. The van der Waals surface area contributed by atoms with Crippen LogP contribution < -0.4 is 4.90 Å². The number of carbonyl (C=O) groups is 2. The minimum atomic E-state index is -5.12. The lowest BCUT2D eigenvalue weighted by atomic mass is 9.82. The summed E-state index contributed by atoms with van der Waals surface area (Å²) in [5, 5.41) is 10.6. The molecule has 2 aliphatic heterocycles. The monoisotopic (exact) mass is 546 g/mol. The van der Waals surface area contributed by atoms with Gasteiger partial charge in [0.05, 0.1) is 5.56 Å². The van der Waals surface area contributed by atoms with Crippen LogP contribution in [0.15, 0.2) is 42.6 Å². The molecule has 1 aromatic carbocycles. The molecule has 0 radical (unpaired) electrons. The molecule has 2 aliphatic rings. The minimum absolute atomic E-state index is 0.0684. The highest BCUT2D eigenvalue weighted by Gasteiger charge is 2.62. The van der Waals surface area contributed by atoms with Gasteiger partial charge in [-0.2, -0.15) is 13.2 Å². The van der Waals surface area contributed by atoms with Crippen molar-refractivity contribution in [2.24, 2.45) is 11.8 Å². The van der Waals surface area contributed by atoms with Gasteiger partial charge in [0, 0.05) is 52.0 Å². The first-order valence-electron chi connectivity index (χ1n) is 13.5. The van der Waals surface area contributed by atoms with Gasteiger partial charge in [-0.15, -0.1) is 0 Å². The number of amides is 2. The van der Waals surface area contributed by atoms with E-state index in [1.807, 2.05) is 13.0 Å². The van der Waals surface area contributed by atoms with Crippen molar-refractivity contribution in [3.05, 3.63) is 59.3 Å². The summed E-state index contributed by atoms with van der Waals surface area (Å²) in [4.78, 5) is 34.7. The predicted molar refractivity (Wildman–Crippen MR) is 142 cm³/mol. The number of hydrogen-bond donors (Lipinski definition) is 1. The zero-order valence-corrected chi connectivity index (χ0v) is 22.7. The molecular weight excluding hydrogens is 509 g/mol. The smallest absolute Gasteiger partial charge is 0.369 e. The summed E-state index contributed by atoms with van der Waals surface area (Å²) in [6.07, 6.45) is 0.715. The maximum absolute atomic E-state index is 13.9. The van der Waals surface area contributed by atoms with E-state index >= 15 is 0 Å². The van der Waals surface area contributed by atoms with E-state index in [0.717, 1.165) is 60.8 Å². The van der Waals surface area contributed by atoms with Crippen LogP contribution in [0.25, 0.3) is 0 Å². The molecule has 0 aliphatic carbocycles. The predicted octanol–water partition coefficient (Wildman–Crippen LogP) is 4.39. The van der Waals surface area contributed by atoms with E-state index in [2.05, 4.69) is 9.88 Å². The highest BCUT2D eigenvalue weighted by atomic mass is 19.4. The summed E-state index contributed by atoms with van der Waals surface area (Å²) in [6.45, 7) is 4.03. The first-order chi connectivity index (χ1) is 18.4. The van der Waals surface area contributed by atoms with E-state index in [1.165, 1.54) is 17.0 Å². The van der Waals surface area contributed by atoms with E-state index in [0.29, 0.717) is 30.2 Å². The number of aromatic nitrogens is 1. The number of likely N-dealkylation sites (tertiary alicyclic amines) is 1. The zero-order valence-electron chi connectivity index (χ0n) is 22.7. The highest BCUT2D eigenvalue weighted by Crippen LogP contribution is 2.41. The molecule has 1 unspecified atom stereocenters. The summed E-state index contributed by atoms with van der Waals surface area (Å²) < 4.78 is 41.8. The number of piperidine rings is 2. The Bertz CT molecular complexity index is 1160. The lowest BCUT2D eigenvalue weighted by Crippen LogP contribution is -2.57. The van der Waals surface area contributed by atoms with Crippen LogP contribution in [-0.2, 0) is 10.4 Å². The molecule has 4 rings (SSSR count). The number of nitrogens with zero attached hydrogens (tertiary/aromatic N) is 4. The van der Waals surface area contributed by atoms with Crippen LogP contribution in [0.3, 0.4) is 0 Å². The maximum Gasteiger partial charge on any atom is 0.430 e. The number of benzene rings is 1. The zero-order chi connectivity index (χ0) is 28.4. The molecule has 1 atom stereocenters. The lowest BCUT2D eigenvalue weighted by molar-refractivity contribution is -0.262. The second-order valence-electron chi connectivity index (χ2n) is 11.0. The maximum atomic E-state index is 13.9. The average molecular weight is 547 g/mol. The first-order valence-corrected chi connectivity index (χ1v) is 13.5. The number of hydrogen-bond acceptors (Lipinski definition) is 5. The van der Waals surface area contributed by atoms with Crippen molar-refractivity contribution in [3.63, 3.8) is 0 Å². The molecule has 2 saturated heterocycles. The first kappa shape index (κ1) is 28.9. The van der Waals surface area contributed by atoms with Crippen LogP contribution >= 0.6 is 0 Å². The van der Waals surface area contributed by atoms with Crippen LogP contribution in [0.2, 0.25) is 0 Å². The Morgan fingerprint density at radius 2 is 1.56 bits per heavy atom.